The lowest BCUT2D eigenvalue weighted by Gasteiger charge is -2.27. The second kappa shape index (κ2) is 6.24. The fraction of sp³-hybridized carbons (Fsp3) is 0.923. The van der Waals surface area contributed by atoms with Crippen molar-refractivity contribution in [2.45, 2.75) is 52.5 Å². The molecule has 2 N–H and O–H groups in total. The lowest BCUT2D eigenvalue weighted by atomic mass is 9.82. The molecule has 1 aliphatic carbocycles. The molecule has 2 unspecified atom stereocenters. The van der Waals surface area contributed by atoms with E-state index in [0.29, 0.717) is 0 Å². The van der Waals surface area contributed by atoms with Crippen molar-refractivity contribution in [2.75, 3.05) is 6.61 Å². The van der Waals surface area contributed by atoms with Gasteiger partial charge in [0.15, 0.2) is 0 Å². The molecule has 94 valence electrons. The van der Waals surface area contributed by atoms with Crippen LogP contribution in [-0.4, -0.2) is 23.7 Å². The van der Waals surface area contributed by atoms with E-state index in [4.69, 9.17) is 5.11 Å². The van der Waals surface area contributed by atoms with Crippen molar-refractivity contribution in [3.8, 4) is 0 Å². The summed E-state index contributed by atoms with van der Waals surface area (Å²) in [7, 11) is 0. The van der Waals surface area contributed by atoms with Gasteiger partial charge >= 0.3 is 0 Å². The Morgan fingerprint density at radius 2 is 1.88 bits per heavy atom. The van der Waals surface area contributed by atoms with Crippen LogP contribution in [0, 0.1) is 17.8 Å². The number of amides is 1. The number of rotatable bonds is 4. The molecule has 0 saturated heterocycles. The van der Waals surface area contributed by atoms with Gasteiger partial charge in [-0.05, 0) is 44.4 Å². The number of carbonyl (C=O) groups excluding carboxylic acids is 1. The Morgan fingerprint density at radius 3 is 2.38 bits per heavy atom. The highest BCUT2D eigenvalue weighted by Crippen LogP contribution is 2.28. The molecule has 3 nitrogen and oxygen atoms in total. The maximum absolute atomic E-state index is 11.9. The molecule has 0 spiro atoms. The smallest absolute Gasteiger partial charge is 0.223 e. The highest BCUT2D eigenvalue weighted by atomic mass is 16.3. The predicted octanol–water partition coefficient (Wildman–Crippen LogP) is 1.95. The molecule has 1 amide bonds. The van der Waals surface area contributed by atoms with Crippen LogP contribution in [0.25, 0.3) is 0 Å². The number of nitrogens with one attached hydrogen (secondary N) is 1. The third-order valence-corrected chi connectivity index (χ3v) is 3.90. The lowest BCUT2D eigenvalue weighted by Crippen LogP contribution is -2.42. The van der Waals surface area contributed by atoms with Gasteiger partial charge < -0.3 is 10.4 Å². The summed E-state index contributed by atoms with van der Waals surface area (Å²) in [5.74, 6) is 1.29. The van der Waals surface area contributed by atoms with E-state index < -0.39 is 0 Å². The minimum absolute atomic E-state index is 0.0665. The fourth-order valence-corrected chi connectivity index (χ4v) is 2.16. The topological polar surface area (TPSA) is 49.3 Å². The zero-order valence-electron chi connectivity index (χ0n) is 10.7. The van der Waals surface area contributed by atoms with Crippen LogP contribution < -0.4 is 5.32 Å². The number of aliphatic hydroxyl groups excluding tert-OH is 1. The van der Waals surface area contributed by atoms with Gasteiger partial charge in [0.2, 0.25) is 5.91 Å². The highest BCUT2D eigenvalue weighted by Gasteiger charge is 2.25. The molecule has 3 heteroatoms. The molecule has 0 bridgehead atoms. The minimum Gasteiger partial charge on any atom is -0.396 e. The largest absolute Gasteiger partial charge is 0.396 e. The molecule has 16 heavy (non-hydrogen) atoms. The Hall–Kier alpha value is -0.570. The third-order valence-electron chi connectivity index (χ3n) is 3.90. The van der Waals surface area contributed by atoms with Crippen LogP contribution in [0.5, 0.6) is 0 Å². The molecule has 0 aromatic heterocycles. The van der Waals surface area contributed by atoms with Gasteiger partial charge in [0, 0.05) is 18.6 Å². The predicted molar refractivity (Wildman–Crippen MR) is 65.0 cm³/mol. The van der Waals surface area contributed by atoms with Crippen LogP contribution in [0.2, 0.25) is 0 Å². The summed E-state index contributed by atoms with van der Waals surface area (Å²) in [5, 5.41) is 12.0. The first-order valence-corrected chi connectivity index (χ1v) is 6.45. The van der Waals surface area contributed by atoms with Gasteiger partial charge in [-0.3, -0.25) is 4.79 Å². The van der Waals surface area contributed by atoms with Gasteiger partial charge in [-0.25, -0.2) is 0 Å². The molecule has 0 aromatic carbocycles. The Morgan fingerprint density at radius 1 is 1.31 bits per heavy atom. The second-order valence-electron chi connectivity index (χ2n) is 5.41. The van der Waals surface area contributed by atoms with Crippen LogP contribution in [-0.2, 0) is 4.79 Å². The van der Waals surface area contributed by atoms with Crippen molar-refractivity contribution < 1.29 is 9.90 Å². The molecule has 2 atom stereocenters. The minimum atomic E-state index is 0.0665. The van der Waals surface area contributed by atoms with Crippen molar-refractivity contribution in [1.29, 1.82) is 0 Å². The number of hydrogen-bond donors (Lipinski definition) is 2. The second-order valence-corrected chi connectivity index (χ2v) is 5.41. The number of aliphatic hydroxyl groups is 1. The van der Waals surface area contributed by atoms with E-state index in [1.54, 1.807) is 0 Å². The van der Waals surface area contributed by atoms with Crippen molar-refractivity contribution in [1.82, 2.24) is 5.32 Å². The molecular formula is C13H25NO2. The summed E-state index contributed by atoms with van der Waals surface area (Å²) in [6.07, 6.45) is 4.38. The summed E-state index contributed by atoms with van der Waals surface area (Å²) >= 11 is 0. The van der Waals surface area contributed by atoms with Gasteiger partial charge in [0.05, 0.1) is 0 Å². The molecule has 0 aromatic rings. The SMILES string of the molecule is CC1CCC(C(=O)NC(C)C(C)CO)CC1. The quantitative estimate of drug-likeness (QED) is 0.771. The molecule has 0 radical (unpaired) electrons. The fourth-order valence-electron chi connectivity index (χ4n) is 2.16. The normalized spacial score (nSPS) is 29.5. The maximum Gasteiger partial charge on any atom is 0.223 e. The van der Waals surface area contributed by atoms with E-state index in [1.165, 1.54) is 12.8 Å². The van der Waals surface area contributed by atoms with Gasteiger partial charge in [-0.2, -0.15) is 0 Å². The summed E-state index contributed by atoms with van der Waals surface area (Å²) in [4.78, 5) is 11.9. The first-order valence-electron chi connectivity index (χ1n) is 6.45. The molecule has 1 rings (SSSR count). The number of hydrogen-bond acceptors (Lipinski definition) is 2. The van der Waals surface area contributed by atoms with Crippen LogP contribution in [0.1, 0.15) is 46.5 Å². The van der Waals surface area contributed by atoms with Gasteiger partial charge in [-0.15, -0.1) is 0 Å². The van der Waals surface area contributed by atoms with Crippen molar-refractivity contribution in [3.05, 3.63) is 0 Å². The summed E-state index contributed by atoms with van der Waals surface area (Å²) in [6.45, 7) is 6.30. The molecule has 0 aliphatic heterocycles. The lowest BCUT2D eigenvalue weighted by molar-refractivity contribution is -0.127. The maximum atomic E-state index is 11.9. The van der Waals surface area contributed by atoms with E-state index in [9.17, 15) is 4.79 Å². The Kier molecular flexibility index (Phi) is 5.26. The van der Waals surface area contributed by atoms with Crippen molar-refractivity contribution in [2.24, 2.45) is 17.8 Å². The molecular weight excluding hydrogens is 202 g/mol. The van der Waals surface area contributed by atoms with Crippen LogP contribution in [0.4, 0.5) is 0 Å². The van der Waals surface area contributed by atoms with E-state index in [-0.39, 0.29) is 30.4 Å². The first-order chi connectivity index (χ1) is 7.54. The Bertz CT molecular complexity index is 222. The third kappa shape index (κ3) is 3.78. The summed E-state index contributed by atoms with van der Waals surface area (Å²) < 4.78 is 0. The van der Waals surface area contributed by atoms with E-state index in [1.807, 2.05) is 13.8 Å². The van der Waals surface area contributed by atoms with Gasteiger partial charge in [0.1, 0.15) is 0 Å². The van der Waals surface area contributed by atoms with Crippen LogP contribution in [0.15, 0.2) is 0 Å². The Balaban J connectivity index is 2.34. The van der Waals surface area contributed by atoms with Gasteiger partial charge in [-0.1, -0.05) is 13.8 Å². The molecule has 1 aliphatic rings. The van der Waals surface area contributed by atoms with E-state index in [0.717, 1.165) is 18.8 Å². The van der Waals surface area contributed by atoms with Crippen LogP contribution >= 0.6 is 0 Å². The molecule has 1 fully saturated rings. The summed E-state index contributed by atoms with van der Waals surface area (Å²) in [6, 6.07) is 0.0665. The van der Waals surface area contributed by atoms with Crippen LogP contribution in [0.3, 0.4) is 0 Å². The molecule has 0 heterocycles. The standard InChI is InChI=1S/C13H25NO2/c1-9-4-6-12(7-5-9)13(16)14-11(3)10(2)8-15/h9-12,15H,4-8H2,1-3H3,(H,14,16). The zero-order chi connectivity index (χ0) is 12.1. The van der Waals surface area contributed by atoms with Crippen molar-refractivity contribution in [3.63, 3.8) is 0 Å². The van der Waals surface area contributed by atoms with E-state index in [2.05, 4.69) is 12.2 Å². The number of carbonyl (C=O) groups is 1. The Labute approximate surface area is 98.6 Å². The summed E-state index contributed by atoms with van der Waals surface area (Å²) in [5.41, 5.74) is 0. The van der Waals surface area contributed by atoms with E-state index >= 15 is 0 Å². The van der Waals surface area contributed by atoms with Gasteiger partial charge in [0.25, 0.3) is 0 Å². The highest BCUT2D eigenvalue weighted by molar-refractivity contribution is 5.79. The van der Waals surface area contributed by atoms with Crippen molar-refractivity contribution >= 4 is 5.91 Å². The first kappa shape index (κ1) is 13.5. The zero-order valence-corrected chi connectivity index (χ0v) is 10.7. The average Bonchev–Trinajstić information content (AvgIpc) is 2.28. The monoisotopic (exact) mass is 227 g/mol. The molecule has 1 saturated carbocycles. The average molecular weight is 227 g/mol.